The lowest BCUT2D eigenvalue weighted by atomic mass is 10.2. The average Bonchev–Trinajstić information content (AvgIpc) is 2.73. The molecule has 0 saturated carbocycles. The van der Waals surface area contributed by atoms with Gasteiger partial charge in [-0.1, -0.05) is 0 Å². The topological polar surface area (TPSA) is 83.1 Å². The summed E-state index contributed by atoms with van der Waals surface area (Å²) in [6.45, 7) is 2.62. The molecule has 3 rings (SSSR count). The Balaban J connectivity index is 1.56. The van der Waals surface area contributed by atoms with Crippen LogP contribution in [0.2, 0.25) is 0 Å². The van der Waals surface area contributed by atoms with Crippen molar-refractivity contribution in [3.05, 3.63) is 30.3 Å². The molecule has 2 aromatic rings. The molecule has 1 aromatic carbocycles. The number of ether oxygens (including phenoxy) is 2. The molecule has 0 aliphatic carbocycles. The number of nitrogens with zero attached hydrogens (tertiary/aromatic N) is 5. The van der Waals surface area contributed by atoms with Crippen molar-refractivity contribution in [2.24, 2.45) is 0 Å². The van der Waals surface area contributed by atoms with Crippen LogP contribution in [0.4, 0.5) is 22.1 Å². The largest absolute Gasteiger partial charge is 0.493 e. The Kier molecular flexibility index (Phi) is 6.03. The SMILES string of the molecule is COc1ccc(NC(=O)N2CCN(c3ccc(N(C)C)nn3)CC2)cc1OC. The van der Waals surface area contributed by atoms with Gasteiger partial charge in [-0.2, -0.15) is 0 Å². The van der Waals surface area contributed by atoms with Gasteiger partial charge in [-0.25, -0.2) is 4.79 Å². The lowest BCUT2D eigenvalue weighted by Crippen LogP contribution is -2.50. The van der Waals surface area contributed by atoms with Gasteiger partial charge in [0.1, 0.15) is 0 Å². The van der Waals surface area contributed by atoms with Crippen molar-refractivity contribution in [2.75, 3.05) is 69.6 Å². The quantitative estimate of drug-likeness (QED) is 0.840. The summed E-state index contributed by atoms with van der Waals surface area (Å²) in [5, 5.41) is 11.4. The third-order valence-electron chi connectivity index (χ3n) is 4.62. The molecule has 1 saturated heterocycles. The lowest BCUT2D eigenvalue weighted by Gasteiger charge is -2.35. The molecule has 0 unspecified atom stereocenters. The number of aromatic nitrogens is 2. The first-order chi connectivity index (χ1) is 13.5. The highest BCUT2D eigenvalue weighted by molar-refractivity contribution is 5.90. The third kappa shape index (κ3) is 4.36. The van der Waals surface area contributed by atoms with Crippen LogP contribution in [-0.2, 0) is 0 Å². The van der Waals surface area contributed by atoms with Gasteiger partial charge in [-0.05, 0) is 24.3 Å². The molecule has 1 aliphatic heterocycles. The van der Waals surface area contributed by atoms with Gasteiger partial charge in [-0.3, -0.25) is 0 Å². The highest BCUT2D eigenvalue weighted by Gasteiger charge is 2.22. The average molecular weight is 386 g/mol. The van der Waals surface area contributed by atoms with E-state index in [4.69, 9.17) is 9.47 Å². The van der Waals surface area contributed by atoms with Crippen LogP contribution in [-0.4, -0.2) is 75.6 Å². The van der Waals surface area contributed by atoms with E-state index in [1.54, 1.807) is 37.3 Å². The van der Waals surface area contributed by atoms with Crippen molar-refractivity contribution >= 4 is 23.4 Å². The summed E-state index contributed by atoms with van der Waals surface area (Å²) in [4.78, 5) is 18.4. The fraction of sp³-hybridized carbons (Fsp3) is 0.421. The first-order valence-electron chi connectivity index (χ1n) is 9.05. The summed E-state index contributed by atoms with van der Waals surface area (Å²) in [6.07, 6.45) is 0. The van der Waals surface area contributed by atoms with Crippen LogP contribution in [0.3, 0.4) is 0 Å². The van der Waals surface area contributed by atoms with E-state index in [2.05, 4.69) is 20.4 Å². The Morgan fingerprint density at radius 1 is 1.00 bits per heavy atom. The number of benzene rings is 1. The van der Waals surface area contributed by atoms with E-state index in [0.717, 1.165) is 11.6 Å². The molecule has 2 heterocycles. The maximum atomic E-state index is 12.6. The van der Waals surface area contributed by atoms with Gasteiger partial charge >= 0.3 is 6.03 Å². The molecule has 0 atom stereocenters. The minimum absolute atomic E-state index is 0.138. The number of carbonyl (C=O) groups excluding carboxylic acids is 1. The van der Waals surface area contributed by atoms with Crippen molar-refractivity contribution in [1.82, 2.24) is 15.1 Å². The summed E-state index contributed by atoms with van der Waals surface area (Å²) in [7, 11) is 7.00. The molecule has 0 bridgehead atoms. The summed E-state index contributed by atoms with van der Waals surface area (Å²) in [5.41, 5.74) is 0.662. The number of anilines is 3. The monoisotopic (exact) mass is 386 g/mol. The number of carbonyl (C=O) groups is 1. The van der Waals surface area contributed by atoms with Crippen molar-refractivity contribution in [1.29, 1.82) is 0 Å². The predicted octanol–water partition coefficient (Wildman–Crippen LogP) is 1.91. The van der Waals surface area contributed by atoms with E-state index in [-0.39, 0.29) is 6.03 Å². The van der Waals surface area contributed by atoms with E-state index >= 15 is 0 Å². The number of piperazine rings is 1. The zero-order valence-electron chi connectivity index (χ0n) is 16.7. The van der Waals surface area contributed by atoms with Gasteiger partial charge in [0.15, 0.2) is 23.1 Å². The molecule has 0 radical (unpaired) electrons. The van der Waals surface area contributed by atoms with Crippen LogP contribution in [0, 0.1) is 0 Å². The molecule has 2 amide bonds. The number of urea groups is 1. The van der Waals surface area contributed by atoms with Crippen LogP contribution in [0.15, 0.2) is 30.3 Å². The van der Waals surface area contributed by atoms with Gasteiger partial charge in [0.2, 0.25) is 0 Å². The van der Waals surface area contributed by atoms with Crippen LogP contribution < -0.4 is 24.6 Å². The number of amides is 2. The number of hydrogen-bond donors (Lipinski definition) is 1. The van der Waals surface area contributed by atoms with Crippen molar-refractivity contribution in [3.63, 3.8) is 0 Å². The number of nitrogens with one attached hydrogen (secondary N) is 1. The first kappa shape index (κ1) is 19.5. The fourth-order valence-electron chi connectivity index (χ4n) is 2.98. The van der Waals surface area contributed by atoms with Crippen LogP contribution in [0.5, 0.6) is 11.5 Å². The second kappa shape index (κ2) is 8.64. The molecular weight excluding hydrogens is 360 g/mol. The highest BCUT2D eigenvalue weighted by Crippen LogP contribution is 2.29. The highest BCUT2D eigenvalue weighted by atomic mass is 16.5. The Morgan fingerprint density at radius 3 is 2.29 bits per heavy atom. The Hall–Kier alpha value is -3.23. The minimum Gasteiger partial charge on any atom is -0.493 e. The smallest absolute Gasteiger partial charge is 0.321 e. The summed E-state index contributed by atoms with van der Waals surface area (Å²) < 4.78 is 10.5. The molecule has 1 fully saturated rings. The summed E-state index contributed by atoms with van der Waals surface area (Å²) in [6, 6.07) is 9.07. The maximum Gasteiger partial charge on any atom is 0.321 e. The van der Waals surface area contributed by atoms with E-state index in [0.29, 0.717) is 43.4 Å². The minimum atomic E-state index is -0.138. The molecule has 1 aromatic heterocycles. The van der Waals surface area contributed by atoms with Gasteiger partial charge in [0.05, 0.1) is 14.2 Å². The van der Waals surface area contributed by atoms with Crippen molar-refractivity contribution in [3.8, 4) is 11.5 Å². The van der Waals surface area contributed by atoms with Gasteiger partial charge < -0.3 is 29.5 Å². The third-order valence-corrected chi connectivity index (χ3v) is 4.62. The number of methoxy groups -OCH3 is 2. The maximum absolute atomic E-state index is 12.6. The van der Waals surface area contributed by atoms with E-state index < -0.39 is 0 Å². The second-order valence-electron chi connectivity index (χ2n) is 6.62. The Labute approximate surface area is 164 Å². The molecule has 28 heavy (non-hydrogen) atoms. The molecule has 1 aliphatic rings. The first-order valence-corrected chi connectivity index (χ1v) is 9.05. The summed E-state index contributed by atoms with van der Waals surface area (Å²) in [5.74, 6) is 2.84. The predicted molar refractivity (Wildman–Crippen MR) is 109 cm³/mol. The normalized spacial score (nSPS) is 13.9. The van der Waals surface area contributed by atoms with Crippen LogP contribution in [0.1, 0.15) is 0 Å². The number of rotatable bonds is 5. The van der Waals surface area contributed by atoms with E-state index in [1.807, 2.05) is 31.1 Å². The van der Waals surface area contributed by atoms with E-state index in [1.165, 1.54) is 0 Å². The van der Waals surface area contributed by atoms with Gasteiger partial charge in [-0.15, -0.1) is 10.2 Å². The van der Waals surface area contributed by atoms with Crippen LogP contribution >= 0.6 is 0 Å². The molecule has 9 nitrogen and oxygen atoms in total. The molecule has 0 spiro atoms. The van der Waals surface area contributed by atoms with Crippen molar-refractivity contribution < 1.29 is 14.3 Å². The van der Waals surface area contributed by atoms with E-state index in [9.17, 15) is 4.79 Å². The van der Waals surface area contributed by atoms with Crippen molar-refractivity contribution in [2.45, 2.75) is 0 Å². The van der Waals surface area contributed by atoms with Crippen LogP contribution in [0.25, 0.3) is 0 Å². The van der Waals surface area contributed by atoms with Gasteiger partial charge in [0.25, 0.3) is 0 Å². The fourth-order valence-corrected chi connectivity index (χ4v) is 2.98. The second-order valence-corrected chi connectivity index (χ2v) is 6.62. The van der Waals surface area contributed by atoms with Gasteiger partial charge in [0, 0.05) is 52.0 Å². The summed E-state index contributed by atoms with van der Waals surface area (Å²) >= 11 is 0. The molecule has 9 heteroatoms. The molecule has 150 valence electrons. The standard InChI is InChI=1S/C19H26N6O3/c1-23(2)17-7-8-18(22-21-17)24-9-11-25(12-10-24)19(26)20-14-5-6-15(27-3)16(13-14)28-4/h5-8,13H,9-12H2,1-4H3,(H,20,26). The zero-order chi connectivity index (χ0) is 20.1. The Bertz CT molecular complexity index is 804. The Morgan fingerprint density at radius 2 is 1.71 bits per heavy atom. The number of hydrogen-bond acceptors (Lipinski definition) is 7. The molecule has 1 N–H and O–H groups in total. The zero-order valence-corrected chi connectivity index (χ0v) is 16.7. The molecular formula is C19H26N6O3. The lowest BCUT2D eigenvalue weighted by molar-refractivity contribution is 0.208.